The SMILES string of the molecule is Cc1ccc(Cl)cc1NC(=O)CN1C(=O)N[C@](C)(c2ccc([N+](=O)[O-])cc2)C1=O. The maximum Gasteiger partial charge on any atom is 0.325 e. The van der Waals surface area contributed by atoms with E-state index in [1.165, 1.54) is 31.2 Å². The monoisotopic (exact) mass is 416 g/mol. The number of benzene rings is 2. The van der Waals surface area contributed by atoms with Gasteiger partial charge in [-0.2, -0.15) is 0 Å². The van der Waals surface area contributed by atoms with Crippen molar-refractivity contribution in [3.63, 3.8) is 0 Å². The first-order valence-electron chi connectivity index (χ1n) is 8.57. The van der Waals surface area contributed by atoms with Crippen molar-refractivity contribution >= 4 is 40.8 Å². The Bertz CT molecular complexity index is 1020. The minimum atomic E-state index is -1.43. The van der Waals surface area contributed by atoms with Crippen LogP contribution in [0.2, 0.25) is 5.02 Å². The number of nitro groups is 1. The summed E-state index contributed by atoms with van der Waals surface area (Å²) in [4.78, 5) is 48.7. The molecule has 0 aliphatic carbocycles. The maximum absolute atomic E-state index is 12.9. The Labute approximate surface area is 170 Å². The third kappa shape index (κ3) is 3.90. The molecular weight excluding hydrogens is 400 g/mol. The summed E-state index contributed by atoms with van der Waals surface area (Å²) >= 11 is 5.93. The molecule has 1 fully saturated rings. The molecule has 0 unspecified atom stereocenters. The number of imide groups is 1. The van der Waals surface area contributed by atoms with Gasteiger partial charge in [0.05, 0.1) is 4.92 Å². The number of urea groups is 1. The van der Waals surface area contributed by atoms with Gasteiger partial charge in [-0.15, -0.1) is 0 Å². The second-order valence-corrected chi connectivity index (χ2v) is 7.19. The van der Waals surface area contributed by atoms with Crippen LogP contribution in [0.5, 0.6) is 0 Å². The molecule has 0 aromatic heterocycles. The Kier molecular flexibility index (Phi) is 5.25. The normalized spacial score (nSPS) is 18.5. The second-order valence-electron chi connectivity index (χ2n) is 6.76. The number of amides is 4. The van der Waals surface area contributed by atoms with Crippen molar-refractivity contribution in [3.8, 4) is 0 Å². The van der Waals surface area contributed by atoms with Gasteiger partial charge in [0.2, 0.25) is 5.91 Å². The molecule has 9 nitrogen and oxygen atoms in total. The average molecular weight is 417 g/mol. The zero-order valence-corrected chi connectivity index (χ0v) is 16.3. The molecule has 29 heavy (non-hydrogen) atoms. The first-order valence-corrected chi connectivity index (χ1v) is 8.94. The summed E-state index contributed by atoms with van der Waals surface area (Å²) in [7, 11) is 0. The van der Waals surface area contributed by atoms with Crippen LogP contribution in [-0.2, 0) is 15.1 Å². The molecule has 1 aliphatic heterocycles. The van der Waals surface area contributed by atoms with Gasteiger partial charge in [0, 0.05) is 22.8 Å². The van der Waals surface area contributed by atoms with E-state index in [-0.39, 0.29) is 5.69 Å². The highest BCUT2D eigenvalue weighted by molar-refractivity contribution is 6.31. The van der Waals surface area contributed by atoms with Crippen molar-refractivity contribution in [2.45, 2.75) is 19.4 Å². The van der Waals surface area contributed by atoms with Gasteiger partial charge >= 0.3 is 6.03 Å². The number of aryl methyl sites for hydroxylation is 1. The summed E-state index contributed by atoms with van der Waals surface area (Å²) in [6.07, 6.45) is 0. The van der Waals surface area contributed by atoms with Crippen molar-refractivity contribution in [2.75, 3.05) is 11.9 Å². The summed E-state index contributed by atoms with van der Waals surface area (Å²) in [6, 6.07) is 9.55. The number of hydrogen-bond acceptors (Lipinski definition) is 5. The highest BCUT2D eigenvalue weighted by atomic mass is 35.5. The molecule has 1 aliphatic rings. The minimum Gasteiger partial charge on any atom is -0.324 e. The molecule has 1 atom stereocenters. The molecule has 150 valence electrons. The van der Waals surface area contributed by atoms with Crippen molar-refractivity contribution in [3.05, 3.63) is 68.7 Å². The molecule has 1 saturated heterocycles. The number of nitro benzene ring substituents is 1. The lowest BCUT2D eigenvalue weighted by Gasteiger charge is -2.22. The smallest absolute Gasteiger partial charge is 0.324 e. The van der Waals surface area contributed by atoms with Crippen LogP contribution in [-0.4, -0.2) is 34.2 Å². The van der Waals surface area contributed by atoms with Crippen LogP contribution in [0.3, 0.4) is 0 Å². The molecule has 0 radical (unpaired) electrons. The number of nitrogens with one attached hydrogen (secondary N) is 2. The third-order valence-electron chi connectivity index (χ3n) is 4.71. The number of carbonyl (C=O) groups is 3. The van der Waals surface area contributed by atoms with Gasteiger partial charge < -0.3 is 10.6 Å². The van der Waals surface area contributed by atoms with Gasteiger partial charge in [0.15, 0.2) is 0 Å². The highest BCUT2D eigenvalue weighted by Gasteiger charge is 2.49. The van der Waals surface area contributed by atoms with E-state index in [1.807, 2.05) is 0 Å². The van der Waals surface area contributed by atoms with E-state index in [2.05, 4.69) is 10.6 Å². The average Bonchev–Trinajstić information content (AvgIpc) is 2.89. The number of rotatable bonds is 5. The topological polar surface area (TPSA) is 122 Å². The van der Waals surface area contributed by atoms with Gasteiger partial charge in [0.1, 0.15) is 12.1 Å². The largest absolute Gasteiger partial charge is 0.325 e. The first-order chi connectivity index (χ1) is 13.6. The summed E-state index contributed by atoms with van der Waals surface area (Å²) in [5, 5.41) is 16.4. The molecule has 2 aromatic carbocycles. The molecule has 0 saturated carbocycles. The van der Waals surface area contributed by atoms with Gasteiger partial charge in [0.25, 0.3) is 11.6 Å². The number of anilines is 1. The number of halogens is 1. The fraction of sp³-hybridized carbons (Fsp3) is 0.211. The van der Waals surface area contributed by atoms with E-state index in [0.29, 0.717) is 16.3 Å². The zero-order chi connectivity index (χ0) is 21.3. The van der Waals surface area contributed by atoms with Crippen LogP contribution in [0, 0.1) is 17.0 Å². The third-order valence-corrected chi connectivity index (χ3v) is 4.94. The standard InChI is InChI=1S/C19H17ClN4O5/c1-11-3-6-13(20)9-15(11)21-16(25)10-23-17(26)19(2,22-18(23)27)12-4-7-14(8-5-12)24(28)29/h3-9H,10H2,1-2H3,(H,21,25)(H,22,27)/t19-/m1/s1. The molecular formula is C19H17ClN4O5. The lowest BCUT2D eigenvalue weighted by Crippen LogP contribution is -2.42. The van der Waals surface area contributed by atoms with Crippen LogP contribution >= 0.6 is 11.6 Å². The Balaban J connectivity index is 1.76. The van der Waals surface area contributed by atoms with Gasteiger partial charge in [-0.1, -0.05) is 17.7 Å². The number of non-ortho nitro benzene ring substituents is 1. The summed E-state index contributed by atoms with van der Waals surface area (Å²) in [5.41, 5.74) is 0.0546. The van der Waals surface area contributed by atoms with Gasteiger partial charge in [-0.25, -0.2) is 4.79 Å². The van der Waals surface area contributed by atoms with E-state index in [1.54, 1.807) is 25.1 Å². The second kappa shape index (κ2) is 7.51. The molecule has 4 amide bonds. The molecule has 2 N–H and O–H groups in total. The van der Waals surface area contributed by atoms with E-state index in [4.69, 9.17) is 11.6 Å². The van der Waals surface area contributed by atoms with Crippen molar-refractivity contribution in [2.24, 2.45) is 0 Å². The van der Waals surface area contributed by atoms with Crippen LogP contribution in [0.25, 0.3) is 0 Å². The van der Waals surface area contributed by atoms with Crippen molar-refractivity contribution in [1.29, 1.82) is 0 Å². The Morgan fingerprint density at radius 2 is 1.90 bits per heavy atom. The highest BCUT2D eigenvalue weighted by Crippen LogP contribution is 2.30. The lowest BCUT2D eigenvalue weighted by molar-refractivity contribution is -0.384. The predicted molar refractivity (Wildman–Crippen MR) is 106 cm³/mol. The summed E-state index contributed by atoms with van der Waals surface area (Å²) in [6.45, 7) is 2.78. The molecule has 1 heterocycles. The quantitative estimate of drug-likeness (QED) is 0.441. The van der Waals surface area contributed by atoms with Crippen LogP contribution in [0.1, 0.15) is 18.1 Å². The van der Waals surface area contributed by atoms with E-state index >= 15 is 0 Å². The molecule has 0 spiro atoms. The van der Waals surface area contributed by atoms with Crippen LogP contribution in [0.4, 0.5) is 16.2 Å². The number of nitrogens with zero attached hydrogens (tertiary/aromatic N) is 2. The summed E-state index contributed by atoms with van der Waals surface area (Å²) < 4.78 is 0. The van der Waals surface area contributed by atoms with Crippen molar-refractivity contribution in [1.82, 2.24) is 10.2 Å². The molecule has 10 heteroatoms. The fourth-order valence-electron chi connectivity index (χ4n) is 3.01. The zero-order valence-electron chi connectivity index (χ0n) is 15.6. The molecule has 3 rings (SSSR count). The predicted octanol–water partition coefficient (Wildman–Crippen LogP) is 2.96. The molecule has 2 aromatic rings. The maximum atomic E-state index is 12.9. The Hall–Kier alpha value is -3.46. The lowest BCUT2D eigenvalue weighted by atomic mass is 9.92. The van der Waals surface area contributed by atoms with Crippen molar-refractivity contribution < 1.29 is 19.3 Å². The van der Waals surface area contributed by atoms with Crippen LogP contribution < -0.4 is 10.6 Å². The minimum absolute atomic E-state index is 0.137. The van der Waals surface area contributed by atoms with E-state index < -0.39 is 34.9 Å². The van der Waals surface area contributed by atoms with E-state index in [9.17, 15) is 24.5 Å². The van der Waals surface area contributed by atoms with Gasteiger partial charge in [-0.3, -0.25) is 24.6 Å². The Morgan fingerprint density at radius 3 is 2.52 bits per heavy atom. The van der Waals surface area contributed by atoms with E-state index in [0.717, 1.165) is 10.5 Å². The van der Waals surface area contributed by atoms with Crippen LogP contribution in [0.15, 0.2) is 42.5 Å². The number of carbonyl (C=O) groups excluding carboxylic acids is 3. The Morgan fingerprint density at radius 1 is 1.24 bits per heavy atom. The molecule has 0 bridgehead atoms. The first kappa shape index (κ1) is 20.3. The van der Waals surface area contributed by atoms with Gasteiger partial charge in [-0.05, 0) is 49.2 Å². The summed E-state index contributed by atoms with van der Waals surface area (Å²) in [5.74, 6) is -1.19. The number of hydrogen-bond donors (Lipinski definition) is 2. The fourth-order valence-corrected chi connectivity index (χ4v) is 3.19.